The van der Waals surface area contributed by atoms with Crippen LogP contribution in [-0.4, -0.2) is 34.8 Å². The van der Waals surface area contributed by atoms with Crippen molar-refractivity contribution in [1.82, 2.24) is 0 Å². The molecule has 0 saturated heterocycles. The van der Waals surface area contributed by atoms with Crippen molar-refractivity contribution in [1.29, 1.82) is 0 Å². The van der Waals surface area contributed by atoms with Gasteiger partial charge < -0.3 is 9.84 Å². The number of esters is 1. The van der Waals surface area contributed by atoms with Crippen molar-refractivity contribution in [3.8, 4) is 0 Å². The fourth-order valence-corrected chi connectivity index (χ4v) is 0.527. The molecule has 0 aliphatic rings. The minimum atomic E-state index is -1.66. The van der Waals surface area contributed by atoms with Gasteiger partial charge in [0.1, 0.15) is 0 Å². The highest BCUT2D eigenvalue weighted by Gasteiger charge is 2.22. The highest BCUT2D eigenvalue weighted by molar-refractivity contribution is 5.74. The number of aliphatic hydroxyl groups excluding tert-OH is 1. The fourth-order valence-electron chi connectivity index (χ4n) is 0.527. The average Bonchev–Trinajstić information content (AvgIpc) is 1.84. The van der Waals surface area contributed by atoms with Crippen LogP contribution in [0.1, 0.15) is 13.8 Å². The van der Waals surface area contributed by atoms with Gasteiger partial charge in [-0.25, -0.2) is 4.79 Å². The summed E-state index contributed by atoms with van der Waals surface area (Å²) < 4.78 is 4.52. The second-order valence-corrected chi connectivity index (χ2v) is 2.52. The number of nitro groups is 1. The summed E-state index contributed by atoms with van der Waals surface area (Å²) in [4.78, 5) is 19.8. The van der Waals surface area contributed by atoms with Crippen LogP contribution in [0.5, 0.6) is 0 Å². The summed E-state index contributed by atoms with van der Waals surface area (Å²) >= 11 is 0. The zero-order valence-corrected chi connectivity index (χ0v) is 6.89. The third-order valence-electron chi connectivity index (χ3n) is 0.946. The SMILES string of the molecule is CC(C)OC(=O)C(O)C[N+](=O)[O-]. The molecule has 1 unspecified atom stereocenters. The number of rotatable bonds is 4. The van der Waals surface area contributed by atoms with Gasteiger partial charge in [-0.1, -0.05) is 0 Å². The monoisotopic (exact) mass is 177 g/mol. The lowest BCUT2D eigenvalue weighted by molar-refractivity contribution is -0.488. The van der Waals surface area contributed by atoms with Gasteiger partial charge in [0, 0.05) is 4.92 Å². The zero-order chi connectivity index (χ0) is 9.72. The van der Waals surface area contributed by atoms with Crippen LogP contribution < -0.4 is 0 Å². The highest BCUT2D eigenvalue weighted by atomic mass is 16.6. The number of nitrogens with zero attached hydrogens (tertiary/aromatic N) is 1. The Bertz CT molecular complexity index is 179. The molecule has 0 fully saturated rings. The van der Waals surface area contributed by atoms with Crippen molar-refractivity contribution < 1.29 is 19.6 Å². The maximum atomic E-state index is 10.7. The summed E-state index contributed by atoms with van der Waals surface area (Å²) in [5.41, 5.74) is 0. The molecule has 0 heterocycles. The molecule has 1 N–H and O–H groups in total. The van der Waals surface area contributed by atoms with E-state index in [1.54, 1.807) is 13.8 Å². The predicted octanol–water partition coefficient (Wildman–Crippen LogP) is -0.424. The van der Waals surface area contributed by atoms with Crippen LogP contribution in [-0.2, 0) is 9.53 Å². The van der Waals surface area contributed by atoms with Gasteiger partial charge >= 0.3 is 5.97 Å². The average molecular weight is 177 g/mol. The number of hydrogen-bond acceptors (Lipinski definition) is 5. The number of hydrogen-bond donors (Lipinski definition) is 1. The molecule has 0 radical (unpaired) electrons. The van der Waals surface area contributed by atoms with E-state index in [1.807, 2.05) is 0 Å². The maximum absolute atomic E-state index is 10.7. The summed E-state index contributed by atoms with van der Waals surface area (Å²) in [5, 5.41) is 18.7. The molecular weight excluding hydrogens is 166 g/mol. The maximum Gasteiger partial charge on any atom is 0.342 e. The fraction of sp³-hybridized carbons (Fsp3) is 0.833. The van der Waals surface area contributed by atoms with Crippen LogP contribution in [0.4, 0.5) is 0 Å². The van der Waals surface area contributed by atoms with Gasteiger partial charge in [0.15, 0.2) is 0 Å². The Morgan fingerprint density at radius 3 is 2.50 bits per heavy atom. The minimum absolute atomic E-state index is 0.376. The molecule has 0 aromatic heterocycles. The Morgan fingerprint density at radius 1 is 1.67 bits per heavy atom. The van der Waals surface area contributed by atoms with Gasteiger partial charge in [-0.15, -0.1) is 0 Å². The topological polar surface area (TPSA) is 89.7 Å². The van der Waals surface area contributed by atoms with Gasteiger partial charge in [0.25, 0.3) is 0 Å². The Kier molecular flexibility index (Phi) is 4.20. The Morgan fingerprint density at radius 2 is 2.17 bits per heavy atom. The minimum Gasteiger partial charge on any atom is -0.461 e. The first-order chi connectivity index (χ1) is 5.43. The van der Waals surface area contributed by atoms with E-state index in [4.69, 9.17) is 5.11 Å². The van der Waals surface area contributed by atoms with Crippen molar-refractivity contribution in [3.05, 3.63) is 10.1 Å². The molecule has 1 atom stereocenters. The van der Waals surface area contributed by atoms with Gasteiger partial charge in [-0.05, 0) is 13.8 Å². The van der Waals surface area contributed by atoms with E-state index in [2.05, 4.69) is 4.74 Å². The van der Waals surface area contributed by atoms with Gasteiger partial charge in [0.2, 0.25) is 12.6 Å². The van der Waals surface area contributed by atoms with Gasteiger partial charge in [-0.3, -0.25) is 10.1 Å². The third-order valence-corrected chi connectivity index (χ3v) is 0.946. The normalized spacial score (nSPS) is 12.7. The van der Waals surface area contributed by atoms with E-state index < -0.39 is 23.5 Å². The Hall–Kier alpha value is -1.17. The van der Waals surface area contributed by atoms with Crippen molar-refractivity contribution in [3.63, 3.8) is 0 Å². The van der Waals surface area contributed by atoms with Crippen LogP contribution in [0.15, 0.2) is 0 Å². The van der Waals surface area contributed by atoms with E-state index in [0.29, 0.717) is 0 Å². The number of carbonyl (C=O) groups is 1. The summed E-state index contributed by atoms with van der Waals surface area (Å²) in [7, 11) is 0. The van der Waals surface area contributed by atoms with Crippen molar-refractivity contribution in [2.24, 2.45) is 0 Å². The Labute approximate surface area is 69.3 Å². The number of aliphatic hydroxyl groups is 1. The Balaban J connectivity index is 3.85. The van der Waals surface area contributed by atoms with E-state index in [0.717, 1.165) is 0 Å². The molecule has 0 amide bonds. The number of ether oxygens (including phenoxy) is 1. The van der Waals surface area contributed by atoms with E-state index in [1.165, 1.54) is 0 Å². The predicted molar refractivity (Wildman–Crippen MR) is 39.1 cm³/mol. The smallest absolute Gasteiger partial charge is 0.342 e. The van der Waals surface area contributed by atoms with E-state index in [-0.39, 0.29) is 6.10 Å². The molecule has 0 aromatic rings. The van der Waals surface area contributed by atoms with Crippen LogP contribution in [0.3, 0.4) is 0 Å². The lowest BCUT2D eigenvalue weighted by Gasteiger charge is -2.09. The summed E-state index contributed by atoms with van der Waals surface area (Å²) in [5.74, 6) is -0.957. The highest BCUT2D eigenvalue weighted by Crippen LogP contribution is 1.94. The quantitative estimate of drug-likeness (QED) is 0.357. The first kappa shape index (κ1) is 10.8. The van der Waals surface area contributed by atoms with Crippen LogP contribution in [0.2, 0.25) is 0 Å². The second-order valence-electron chi connectivity index (χ2n) is 2.52. The molecule has 70 valence electrons. The first-order valence-electron chi connectivity index (χ1n) is 3.44. The first-order valence-corrected chi connectivity index (χ1v) is 3.44. The molecule has 0 saturated carbocycles. The largest absolute Gasteiger partial charge is 0.461 e. The zero-order valence-electron chi connectivity index (χ0n) is 6.89. The van der Waals surface area contributed by atoms with E-state index >= 15 is 0 Å². The van der Waals surface area contributed by atoms with Crippen molar-refractivity contribution in [2.45, 2.75) is 26.1 Å². The van der Waals surface area contributed by atoms with Crippen LogP contribution in [0.25, 0.3) is 0 Å². The molecule has 12 heavy (non-hydrogen) atoms. The van der Waals surface area contributed by atoms with Gasteiger partial charge in [0.05, 0.1) is 6.10 Å². The molecular formula is C6H11NO5. The summed E-state index contributed by atoms with van der Waals surface area (Å²) in [6.07, 6.45) is -2.04. The molecule has 0 rings (SSSR count). The van der Waals surface area contributed by atoms with Crippen LogP contribution in [0, 0.1) is 10.1 Å². The lowest BCUT2D eigenvalue weighted by atomic mass is 10.3. The van der Waals surface area contributed by atoms with Gasteiger partial charge in [-0.2, -0.15) is 0 Å². The molecule has 6 heteroatoms. The van der Waals surface area contributed by atoms with E-state index in [9.17, 15) is 14.9 Å². The molecule has 0 bridgehead atoms. The van der Waals surface area contributed by atoms with Crippen molar-refractivity contribution in [2.75, 3.05) is 6.54 Å². The lowest BCUT2D eigenvalue weighted by Crippen LogP contribution is -2.31. The van der Waals surface area contributed by atoms with Crippen LogP contribution >= 0.6 is 0 Å². The molecule has 0 aliphatic heterocycles. The molecule has 0 spiro atoms. The molecule has 0 aliphatic carbocycles. The van der Waals surface area contributed by atoms with Crippen molar-refractivity contribution >= 4 is 5.97 Å². The standard InChI is InChI=1S/C6H11NO5/c1-4(2)12-6(9)5(8)3-7(10)11/h4-5,8H,3H2,1-2H3. The molecule has 0 aromatic carbocycles. The second kappa shape index (κ2) is 4.66. The number of carbonyl (C=O) groups excluding carboxylic acids is 1. The summed E-state index contributed by atoms with van der Waals surface area (Å²) in [6.45, 7) is 2.37. The summed E-state index contributed by atoms with van der Waals surface area (Å²) in [6, 6.07) is 0. The molecule has 6 nitrogen and oxygen atoms in total. The third kappa shape index (κ3) is 4.62.